The molecule has 0 saturated heterocycles. The predicted octanol–water partition coefficient (Wildman–Crippen LogP) is 3.40. The lowest BCUT2D eigenvalue weighted by atomic mass is 10.0. The van der Waals surface area contributed by atoms with E-state index < -0.39 is 25.2 Å². The van der Waals surface area contributed by atoms with E-state index in [0.717, 1.165) is 18.4 Å². The summed E-state index contributed by atoms with van der Waals surface area (Å²) in [5.41, 5.74) is 1.39. The molecule has 1 aromatic rings. The van der Waals surface area contributed by atoms with Crippen molar-refractivity contribution in [1.82, 2.24) is 0 Å². The van der Waals surface area contributed by atoms with Gasteiger partial charge in [0.25, 0.3) is 0 Å². The van der Waals surface area contributed by atoms with Crippen LogP contribution in [0.5, 0.6) is 0 Å². The summed E-state index contributed by atoms with van der Waals surface area (Å²) in [6.07, 6.45) is -2.61. The van der Waals surface area contributed by atoms with E-state index in [4.69, 9.17) is 0 Å². The minimum atomic E-state index is -4.40. The Kier molecular flexibility index (Phi) is 5.34. The molecule has 1 aromatic carbocycles. The standard InChI is InChI=1S/C13H15F3O2/c1-2-4-10-5-3-6-11(7-10)12(17)8-18-9-13(14,15)16/h3,5-7H,2,4,8-9H2,1H3. The zero-order chi connectivity index (χ0) is 13.6. The number of hydrogen-bond donors (Lipinski definition) is 0. The Balaban J connectivity index is 2.53. The van der Waals surface area contributed by atoms with Crippen LogP contribution in [0.25, 0.3) is 0 Å². The lowest BCUT2D eigenvalue weighted by Crippen LogP contribution is -2.20. The molecule has 2 nitrogen and oxygen atoms in total. The number of ketones is 1. The van der Waals surface area contributed by atoms with Gasteiger partial charge in [-0.2, -0.15) is 13.2 Å². The van der Waals surface area contributed by atoms with Crippen molar-refractivity contribution in [3.8, 4) is 0 Å². The zero-order valence-electron chi connectivity index (χ0n) is 10.1. The van der Waals surface area contributed by atoms with Crippen molar-refractivity contribution >= 4 is 5.78 Å². The summed E-state index contributed by atoms with van der Waals surface area (Å²) in [5, 5.41) is 0. The Labute approximate surface area is 104 Å². The third-order valence-corrected chi connectivity index (χ3v) is 2.29. The van der Waals surface area contributed by atoms with Crippen LogP contribution in [-0.2, 0) is 11.2 Å². The van der Waals surface area contributed by atoms with Gasteiger partial charge in [-0.05, 0) is 18.1 Å². The molecule has 5 heteroatoms. The molecule has 0 atom stereocenters. The number of hydrogen-bond acceptors (Lipinski definition) is 2. The van der Waals surface area contributed by atoms with Gasteiger partial charge >= 0.3 is 6.18 Å². The third-order valence-electron chi connectivity index (χ3n) is 2.29. The second-order valence-electron chi connectivity index (χ2n) is 3.98. The van der Waals surface area contributed by atoms with Crippen molar-refractivity contribution in [2.75, 3.05) is 13.2 Å². The highest BCUT2D eigenvalue weighted by Gasteiger charge is 2.27. The van der Waals surface area contributed by atoms with Gasteiger partial charge in [0.1, 0.15) is 13.2 Å². The van der Waals surface area contributed by atoms with Crippen LogP contribution in [0.4, 0.5) is 13.2 Å². The van der Waals surface area contributed by atoms with Gasteiger partial charge in [0, 0.05) is 5.56 Å². The number of ether oxygens (including phenoxy) is 1. The van der Waals surface area contributed by atoms with E-state index in [2.05, 4.69) is 4.74 Å². The largest absolute Gasteiger partial charge is 0.411 e. The summed E-state index contributed by atoms with van der Waals surface area (Å²) in [5.74, 6) is -0.433. The number of aryl methyl sites for hydroxylation is 1. The van der Waals surface area contributed by atoms with Crippen LogP contribution in [0, 0.1) is 0 Å². The van der Waals surface area contributed by atoms with Crippen molar-refractivity contribution in [1.29, 1.82) is 0 Å². The molecule has 0 heterocycles. The molecule has 0 aliphatic heterocycles. The second-order valence-corrected chi connectivity index (χ2v) is 3.98. The monoisotopic (exact) mass is 260 g/mol. The number of carbonyl (C=O) groups is 1. The number of Topliss-reactive ketones (excluding diaryl/α,β-unsaturated/α-hetero) is 1. The summed E-state index contributed by atoms with van der Waals surface area (Å²) in [6.45, 7) is 0.0728. The molecule has 18 heavy (non-hydrogen) atoms. The lowest BCUT2D eigenvalue weighted by molar-refractivity contribution is -0.170. The number of halogens is 3. The number of rotatable bonds is 6. The topological polar surface area (TPSA) is 26.3 Å². The van der Waals surface area contributed by atoms with Crippen LogP contribution < -0.4 is 0 Å². The number of alkyl halides is 3. The van der Waals surface area contributed by atoms with E-state index in [1.165, 1.54) is 0 Å². The second kappa shape index (κ2) is 6.54. The highest BCUT2D eigenvalue weighted by molar-refractivity contribution is 5.97. The first-order valence-corrected chi connectivity index (χ1v) is 5.69. The summed E-state index contributed by atoms with van der Waals surface area (Å²) >= 11 is 0. The molecule has 0 aliphatic carbocycles. The maximum absolute atomic E-state index is 11.8. The predicted molar refractivity (Wildman–Crippen MR) is 61.6 cm³/mol. The van der Waals surface area contributed by atoms with Gasteiger partial charge in [-0.25, -0.2) is 0 Å². The number of benzene rings is 1. The fourth-order valence-corrected chi connectivity index (χ4v) is 1.53. The van der Waals surface area contributed by atoms with E-state index in [-0.39, 0.29) is 0 Å². The molecule has 0 aliphatic rings. The van der Waals surface area contributed by atoms with Gasteiger partial charge < -0.3 is 4.74 Å². The van der Waals surface area contributed by atoms with Crippen molar-refractivity contribution < 1.29 is 22.7 Å². The first kappa shape index (κ1) is 14.7. The quantitative estimate of drug-likeness (QED) is 0.733. The lowest BCUT2D eigenvalue weighted by Gasteiger charge is -2.07. The molecule has 0 fully saturated rings. The summed E-state index contributed by atoms with van der Waals surface area (Å²) in [7, 11) is 0. The summed E-state index contributed by atoms with van der Waals surface area (Å²) < 4.78 is 39.8. The SMILES string of the molecule is CCCc1cccc(C(=O)COCC(F)(F)F)c1. The van der Waals surface area contributed by atoms with Gasteiger partial charge in [-0.1, -0.05) is 31.5 Å². The molecule has 0 spiro atoms. The molecule has 0 unspecified atom stereocenters. The molecule has 0 aromatic heterocycles. The molecule has 0 N–H and O–H groups in total. The molecular formula is C13H15F3O2. The van der Waals surface area contributed by atoms with Crippen molar-refractivity contribution in [2.45, 2.75) is 25.9 Å². The van der Waals surface area contributed by atoms with Gasteiger partial charge in [-0.15, -0.1) is 0 Å². The third kappa shape index (κ3) is 5.31. The summed E-state index contributed by atoms with van der Waals surface area (Å²) in [6, 6.07) is 6.89. The molecule has 1 rings (SSSR count). The van der Waals surface area contributed by atoms with E-state index in [1.54, 1.807) is 18.2 Å². The Morgan fingerprint density at radius 2 is 2.06 bits per heavy atom. The average molecular weight is 260 g/mol. The smallest absolute Gasteiger partial charge is 0.364 e. The molecule has 0 bridgehead atoms. The van der Waals surface area contributed by atoms with Crippen LogP contribution in [0.2, 0.25) is 0 Å². The van der Waals surface area contributed by atoms with E-state index in [9.17, 15) is 18.0 Å². The van der Waals surface area contributed by atoms with Crippen LogP contribution >= 0.6 is 0 Å². The minimum absolute atomic E-state index is 0.392. The molecule has 100 valence electrons. The fourth-order valence-electron chi connectivity index (χ4n) is 1.53. The average Bonchev–Trinajstić information content (AvgIpc) is 2.28. The Morgan fingerprint density at radius 3 is 2.67 bits per heavy atom. The molecular weight excluding hydrogens is 245 g/mol. The maximum Gasteiger partial charge on any atom is 0.411 e. The summed E-state index contributed by atoms with van der Waals surface area (Å²) in [4.78, 5) is 11.6. The molecule has 0 radical (unpaired) electrons. The van der Waals surface area contributed by atoms with Crippen molar-refractivity contribution in [2.24, 2.45) is 0 Å². The van der Waals surface area contributed by atoms with Crippen LogP contribution in [-0.4, -0.2) is 25.2 Å². The van der Waals surface area contributed by atoms with Gasteiger partial charge in [0.05, 0.1) is 0 Å². The van der Waals surface area contributed by atoms with Crippen LogP contribution in [0.3, 0.4) is 0 Å². The first-order chi connectivity index (χ1) is 8.42. The number of carbonyl (C=O) groups excluding carboxylic acids is 1. The van der Waals surface area contributed by atoms with Gasteiger partial charge in [0.2, 0.25) is 0 Å². The normalized spacial score (nSPS) is 11.6. The van der Waals surface area contributed by atoms with Crippen LogP contribution in [0.15, 0.2) is 24.3 Å². The minimum Gasteiger partial charge on any atom is -0.364 e. The van der Waals surface area contributed by atoms with E-state index in [1.807, 2.05) is 13.0 Å². The van der Waals surface area contributed by atoms with Crippen molar-refractivity contribution in [3.05, 3.63) is 35.4 Å². The van der Waals surface area contributed by atoms with Crippen LogP contribution in [0.1, 0.15) is 29.3 Å². The first-order valence-electron chi connectivity index (χ1n) is 5.69. The Hall–Kier alpha value is -1.36. The molecule has 0 saturated carbocycles. The highest BCUT2D eigenvalue weighted by Crippen LogP contribution is 2.15. The van der Waals surface area contributed by atoms with E-state index in [0.29, 0.717) is 5.56 Å². The molecule has 0 amide bonds. The maximum atomic E-state index is 11.8. The Bertz CT molecular complexity index is 399. The van der Waals surface area contributed by atoms with Crippen molar-refractivity contribution in [3.63, 3.8) is 0 Å². The Morgan fingerprint density at radius 1 is 1.33 bits per heavy atom. The fraction of sp³-hybridized carbons (Fsp3) is 0.462. The van der Waals surface area contributed by atoms with Gasteiger partial charge in [-0.3, -0.25) is 4.79 Å². The van der Waals surface area contributed by atoms with E-state index >= 15 is 0 Å². The zero-order valence-corrected chi connectivity index (χ0v) is 10.1. The van der Waals surface area contributed by atoms with Gasteiger partial charge in [0.15, 0.2) is 5.78 Å². The highest BCUT2D eigenvalue weighted by atomic mass is 19.4.